The van der Waals surface area contributed by atoms with Gasteiger partial charge in [0.2, 0.25) is 0 Å². The highest BCUT2D eigenvalue weighted by atomic mass is 16.3. The van der Waals surface area contributed by atoms with Crippen molar-refractivity contribution < 1.29 is 9.21 Å². The maximum absolute atomic E-state index is 11.8. The molecule has 100 valence electrons. The van der Waals surface area contributed by atoms with Crippen LogP contribution in [0.25, 0.3) is 0 Å². The lowest BCUT2D eigenvalue weighted by Crippen LogP contribution is -2.40. The van der Waals surface area contributed by atoms with E-state index >= 15 is 0 Å². The third kappa shape index (κ3) is 3.37. The number of unbranched alkanes of at least 4 members (excludes halogenated alkanes) is 5. The lowest BCUT2D eigenvalue weighted by atomic mass is 9.97. The smallest absolute Gasteiger partial charge is 0.255 e. The number of fused-ring (bicyclic) bond motifs is 1. The monoisotopic (exact) mass is 249 g/mol. The normalized spacial score (nSPS) is 18.5. The number of carbonyl (C=O) groups is 1. The zero-order chi connectivity index (χ0) is 12.8. The van der Waals surface area contributed by atoms with E-state index in [-0.39, 0.29) is 11.9 Å². The van der Waals surface area contributed by atoms with Crippen LogP contribution in [-0.4, -0.2) is 11.9 Å². The van der Waals surface area contributed by atoms with Crippen molar-refractivity contribution in [3.05, 3.63) is 23.7 Å². The number of carbonyl (C=O) groups excluding carboxylic acids is 1. The Balaban J connectivity index is 1.68. The molecule has 1 aliphatic heterocycles. The minimum atomic E-state index is 0.0287. The molecule has 1 N–H and O–H groups in total. The van der Waals surface area contributed by atoms with E-state index in [2.05, 4.69) is 12.2 Å². The molecule has 1 aliphatic rings. The Bertz CT molecular complexity index is 384. The molecule has 1 aromatic heterocycles. The second kappa shape index (κ2) is 6.62. The maximum Gasteiger partial charge on any atom is 0.255 e. The number of amides is 1. The minimum Gasteiger partial charge on any atom is -0.468 e. The second-order valence-corrected chi connectivity index (χ2v) is 5.19. The van der Waals surface area contributed by atoms with Crippen LogP contribution >= 0.6 is 0 Å². The van der Waals surface area contributed by atoms with Crippen molar-refractivity contribution in [1.29, 1.82) is 0 Å². The number of hydrogen-bond acceptors (Lipinski definition) is 2. The Kier molecular flexibility index (Phi) is 4.85. The summed E-state index contributed by atoms with van der Waals surface area (Å²) in [6, 6.07) is 2.02. The molecule has 2 heterocycles. The highest BCUT2D eigenvalue weighted by Crippen LogP contribution is 2.20. The highest BCUT2D eigenvalue weighted by Gasteiger charge is 2.25. The topological polar surface area (TPSA) is 42.2 Å². The Morgan fingerprint density at radius 2 is 2.06 bits per heavy atom. The van der Waals surface area contributed by atoms with Crippen molar-refractivity contribution in [1.82, 2.24) is 5.32 Å². The van der Waals surface area contributed by atoms with Gasteiger partial charge in [-0.1, -0.05) is 45.4 Å². The minimum absolute atomic E-state index is 0.0287. The van der Waals surface area contributed by atoms with Gasteiger partial charge in [-0.2, -0.15) is 0 Å². The van der Waals surface area contributed by atoms with Crippen LogP contribution in [0.2, 0.25) is 0 Å². The predicted octanol–water partition coefficient (Wildman–Crippen LogP) is 3.68. The first kappa shape index (κ1) is 13.2. The zero-order valence-electron chi connectivity index (χ0n) is 11.2. The largest absolute Gasteiger partial charge is 0.468 e. The van der Waals surface area contributed by atoms with Crippen molar-refractivity contribution in [2.24, 2.45) is 0 Å². The summed E-state index contributed by atoms with van der Waals surface area (Å²) >= 11 is 0. The summed E-state index contributed by atoms with van der Waals surface area (Å²) in [6.45, 7) is 2.23. The fraction of sp³-hybridized carbons (Fsp3) is 0.667. The molecule has 0 aromatic carbocycles. The van der Waals surface area contributed by atoms with E-state index in [1.165, 1.54) is 38.5 Å². The van der Waals surface area contributed by atoms with E-state index in [0.29, 0.717) is 5.56 Å². The van der Waals surface area contributed by atoms with Crippen LogP contribution in [0.1, 0.15) is 68.0 Å². The van der Waals surface area contributed by atoms with Crippen LogP contribution in [0.5, 0.6) is 0 Å². The predicted molar refractivity (Wildman–Crippen MR) is 71.7 cm³/mol. The van der Waals surface area contributed by atoms with Gasteiger partial charge in [0, 0.05) is 12.5 Å². The molecule has 0 fully saturated rings. The van der Waals surface area contributed by atoms with Gasteiger partial charge in [-0.05, 0) is 12.5 Å². The molecule has 1 atom stereocenters. The third-order valence-electron chi connectivity index (χ3n) is 3.66. The van der Waals surface area contributed by atoms with Gasteiger partial charge >= 0.3 is 0 Å². The van der Waals surface area contributed by atoms with Crippen LogP contribution in [0.3, 0.4) is 0 Å². The van der Waals surface area contributed by atoms with Crippen LogP contribution in [0.4, 0.5) is 0 Å². The summed E-state index contributed by atoms with van der Waals surface area (Å²) in [5.74, 6) is 0.885. The summed E-state index contributed by atoms with van der Waals surface area (Å²) in [5, 5.41) is 3.06. The van der Waals surface area contributed by atoms with Gasteiger partial charge in [-0.15, -0.1) is 0 Å². The van der Waals surface area contributed by atoms with Gasteiger partial charge in [-0.3, -0.25) is 4.79 Å². The van der Waals surface area contributed by atoms with E-state index in [1.54, 1.807) is 12.3 Å². The van der Waals surface area contributed by atoms with E-state index < -0.39 is 0 Å². The van der Waals surface area contributed by atoms with E-state index in [9.17, 15) is 4.79 Å². The maximum atomic E-state index is 11.8. The highest BCUT2D eigenvalue weighted by molar-refractivity contribution is 5.96. The molecule has 2 rings (SSSR count). The first-order valence-corrected chi connectivity index (χ1v) is 7.18. The molecule has 3 heteroatoms. The Morgan fingerprint density at radius 3 is 2.89 bits per heavy atom. The van der Waals surface area contributed by atoms with Crippen molar-refractivity contribution >= 4 is 5.91 Å². The first-order valence-electron chi connectivity index (χ1n) is 7.18. The molecule has 1 amide bonds. The fourth-order valence-corrected chi connectivity index (χ4v) is 2.58. The van der Waals surface area contributed by atoms with Gasteiger partial charge in [0.25, 0.3) is 5.91 Å². The lowest BCUT2D eigenvalue weighted by molar-refractivity contribution is 0.0917. The molecule has 18 heavy (non-hydrogen) atoms. The second-order valence-electron chi connectivity index (χ2n) is 5.19. The molecule has 0 saturated carbocycles. The molecule has 0 radical (unpaired) electrons. The zero-order valence-corrected chi connectivity index (χ0v) is 11.2. The number of furan rings is 1. The number of hydrogen-bond donors (Lipinski definition) is 1. The summed E-state index contributed by atoms with van der Waals surface area (Å²) < 4.78 is 5.36. The Hall–Kier alpha value is -1.25. The summed E-state index contributed by atoms with van der Waals surface area (Å²) in [4.78, 5) is 11.8. The molecule has 0 aliphatic carbocycles. The molecule has 1 aromatic rings. The van der Waals surface area contributed by atoms with Crippen LogP contribution in [-0.2, 0) is 6.42 Å². The molecule has 0 bridgehead atoms. The quantitative estimate of drug-likeness (QED) is 0.749. The van der Waals surface area contributed by atoms with Gasteiger partial charge < -0.3 is 9.73 Å². The van der Waals surface area contributed by atoms with Crippen molar-refractivity contribution in [2.45, 2.75) is 64.3 Å². The van der Waals surface area contributed by atoms with E-state index in [4.69, 9.17) is 4.42 Å². The van der Waals surface area contributed by atoms with Crippen LogP contribution < -0.4 is 5.32 Å². The van der Waals surface area contributed by atoms with Gasteiger partial charge in [0.05, 0.1) is 11.8 Å². The van der Waals surface area contributed by atoms with E-state index in [0.717, 1.165) is 18.6 Å². The SMILES string of the molecule is CCCCCCCCC1Cc2occc2C(=O)N1. The molecule has 0 saturated heterocycles. The van der Waals surface area contributed by atoms with Crippen molar-refractivity contribution in [3.63, 3.8) is 0 Å². The number of rotatable bonds is 7. The van der Waals surface area contributed by atoms with Gasteiger partial charge in [0.1, 0.15) is 5.76 Å². The molecular weight excluding hydrogens is 226 g/mol. The molecule has 3 nitrogen and oxygen atoms in total. The van der Waals surface area contributed by atoms with Crippen LogP contribution in [0.15, 0.2) is 16.7 Å². The first-order chi connectivity index (χ1) is 8.81. The van der Waals surface area contributed by atoms with Gasteiger partial charge in [0.15, 0.2) is 0 Å². The molecule has 1 unspecified atom stereocenters. The summed E-state index contributed by atoms with van der Waals surface area (Å²) in [7, 11) is 0. The Morgan fingerprint density at radius 1 is 1.28 bits per heavy atom. The molecule has 0 spiro atoms. The average molecular weight is 249 g/mol. The summed E-state index contributed by atoms with van der Waals surface area (Å²) in [6.07, 6.45) is 11.3. The Labute approximate surface area is 109 Å². The van der Waals surface area contributed by atoms with Gasteiger partial charge in [-0.25, -0.2) is 0 Å². The average Bonchev–Trinajstić information content (AvgIpc) is 2.82. The third-order valence-corrected chi connectivity index (χ3v) is 3.66. The molecular formula is C15H23NO2. The summed E-state index contributed by atoms with van der Waals surface area (Å²) in [5.41, 5.74) is 0.717. The van der Waals surface area contributed by atoms with E-state index in [1.807, 2.05) is 0 Å². The fourth-order valence-electron chi connectivity index (χ4n) is 2.58. The lowest BCUT2D eigenvalue weighted by Gasteiger charge is -2.22. The standard InChI is InChI=1S/C15H23NO2/c1-2-3-4-5-6-7-8-12-11-14-13(9-10-18-14)15(17)16-12/h9-10,12H,2-8,11H2,1H3,(H,16,17). The van der Waals surface area contributed by atoms with Crippen LogP contribution in [0, 0.1) is 0 Å². The number of nitrogens with one attached hydrogen (secondary N) is 1. The van der Waals surface area contributed by atoms with Crippen molar-refractivity contribution in [3.8, 4) is 0 Å². The van der Waals surface area contributed by atoms with Crippen molar-refractivity contribution in [2.75, 3.05) is 0 Å².